The number of carbonyl (C=O) groups is 1. The number of hydrazine groups is 1. The molecule has 0 aliphatic carbocycles. The molecule has 1 amide bonds. The van der Waals surface area contributed by atoms with E-state index in [0.29, 0.717) is 11.3 Å². The Morgan fingerprint density at radius 1 is 1.18 bits per heavy atom. The van der Waals surface area contributed by atoms with Crippen molar-refractivity contribution in [1.29, 1.82) is 5.26 Å². The van der Waals surface area contributed by atoms with Gasteiger partial charge in [-0.25, -0.2) is 15.1 Å². The van der Waals surface area contributed by atoms with Crippen molar-refractivity contribution in [2.45, 2.75) is 6.18 Å². The first-order chi connectivity index (χ1) is 13.3. The number of anilines is 1. The second kappa shape index (κ2) is 7.54. The SMILES string of the molecule is CNN(C(=O)c1ccnn1-c1ccc(C#N)cc1)c1cccc(C(F)(F)F)c1. The van der Waals surface area contributed by atoms with Crippen molar-refractivity contribution in [3.8, 4) is 11.8 Å². The van der Waals surface area contributed by atoms with E-state index in [1.54, 1.807) is 24.3 Å². The largest absolute Gasteiger partial charge is 0.416 e. The summed E-state index contributed by atoms with van der Waals surface area (Å²) in [4.78, 5) is 13.0. The highest BCUT2D eigenvalue weighted by Gasteiger charge is 2.31. The maximum atomic E-state index is 13.0. The topological polar surface area (TPSA) is 74.0 Å². The third-order valence-corrected chi connectivity index (χ3v) is 3.96. The molecule has 0 saturated heterocycles. The van der Waals surface area contributed by atoms with Crippen molar-refractivity contribution in [1.82, 2.24) is 15.2 Å². The summed E-state index contributed by atoms with van der Waals surface area (Å²) in [5.41, 5.74) is 2.91. The van der Waals surface area contributed by atoms with Gasteiger partial charge in [-0.1, -0.05) is 6.07 Å². The van der Waals surface area contributed by atoms with Gasteiger partial charge in [-0.2, -0.15) is 23.5 Å². The van der Waals surface area contributed by atoms with Crippen LogP contribution in [-0.4, -0.2) is 22.7 Å². The van der Waals surface area contributed by atoms with E-state index < -0.39 is 17.6 Å². The lowest BCUT2D eigenvalue weighted by molar-refractivity contribution is -0.137. The summed E-state index contributed by atoms with van der Waals surface area (Å²) >= 11 is 0. The normalized spacial score (nSPS) is 11.1. The van der Waals surface area contributed by atoms with Gasteiger partial charge in [0.05, 0.1) is 34.8 Å². The third kappa shape index (κ3) is 3.72. The fraction of sp³-hybridized carbons (Fsp3) is 0.105. The molecule has 0 spiro atoms. The van der Waals surface area contributed by atoms with Gasteiger partial charge in [-0.05, 0) is 48.5 Å². The first kappa shape index (κ1) is 19.1. The lowest BCUT2D eigenvalue weighted by Gasteiger charge is -2.22. The molecule has 1 N–H and O–H groups in total. The number of amides is 1. The number of aromatic nitrogens is 2. The smallest absolute Gasteiger partial charge is 0.265 e. The lowest BCUT2D eigenvalue weighted by atomic mass is 10.2. The van der Waals surface area contributed by atoms with Crippen LogP contribution in [0.2, 0.25) is 0 Å². The van der Waals surface area contributed by atoms with Crippen LogP contribution in [0.4, 0.5) is 18.9 Å². The molecule has 0 aliphatic heterocycles. The van der Waals surface area contributed by atoms with Gasteiger partial charge in [-0.15, -0.1) is 0 Å². The maximum absolute atomic E-state index is 13.0. The highest BCUT2D eigenvalue weighted by Crippen LogP contribution is 2.31. The number of halogens is 3. The van der Waals surface area contributed by atoms with Gasteiger partial charge >= 0.3 is 6.18 Å². The number of nitriles is 1. The number of hydrogen-bond acceptors (Lipinski definition) is 4. The lowest BCUT2D eigenvalue weighted by Crippen LogP contribution is -2.41. The Morgan fingerprint density at radius 3 is 2.50 bits per heavy atom. The fourth-order valence-electron chi connectivity index (χ4n) is 2.63. The zero-order valence-corrected chi connectivity index (χ0v) is 14.6. The molecule has 0 aliphatic rings. The Morgan fingerprint density at radius 2 is 1.89 bits per heavy atom. The Bertz CT molecular complexity index is 1030. The number of benzene rings is 2. The average Bonchev–Trinajstić information content (AvgIpc) is 3.18. The van der Waals surface area contributed by atoms with E-state index in [9.17, 15) is 18.0 Å². The van der Waals surface area contributed by atoms with E-state index in [2.05, 4.69) is 10.5 Å². The fourth-order valence-corrected chi connectivity index (χ4v) is 2.63. The predicted octanol–water partition coefficient (Wildman–Crippen LogP) is 3.54. The first-order valence-corrected chi connectivity index (χ1v) is 8.09. The molecule has 0 radical (unpaired) electrons. The minimum Gasteiger partial charge on any atom is -0.265 e. The zero-order chi connectivity index (χ0) is 20.3. The predicted molar refractivity (Wildman–Crippen MR) is 95.6 cm³/mol. The van der Waals surface area contributed by atoms with Gasteiger partial charge in [0.2, 0.25) is 0 Å². The standard InChI is InChI=1S/C19H14F3N5O/c1-24-27(16-4-2-3-14(11-16)19(20,21)22)18(28)17-9-10-25-26(17)15-7-5-13(12-23)6-8-15/h2-11,24H,1H3. The van der Waals surface area contributed by atoms with Crippen LogP contribution in [0.25, 0.3) is 5.69 Å². The van der Waals surface area contributed by atoms with E-state index in [4.69, 9.17) is 5.26 Å². The number of alkyl halides is 3. The monoisotopic (exact) mass is 385 g/mol. The Hall–Kier alpha value is -3.64. The summed E-state index contributed by atoms with van der Waals surface area (Å²) in [7, 11) is 1.43. The zero-order valence-electron chi connectivity index (χ0n) is 14.6. The van der Waals surface area contributed by atoms with Gasteiger partial charge in [0.25, 0.3) is 5.91 Å². The molecule has 6 nitrogen and oxygen atoms in total. The van der Waals surface area contributed by atoms with Crippen molar-refractivity contribution < 1.29 is 18.0 Å². The van der Waals surface area contributed by atoms with Crippen LogP contribution in [0.5, 0.6) is 0 Å². The summed E-state index contributed by atoms with van der Waals surface area (Å²) in [5.74, 6) is -0.594. The summed E-state index contributed by atoms with van der Waals surface area (Å²) < 4.78 is 40.3. The van der Waals surface area contributed by atoms with E-state index in [1.807, 2.05) is 6.07 Å². The van der Waals surface area contributed by atoms with Gasteiger partial charge in [-0.3, -0.25) is 4.79 Å². The first-order valence-electron chi connectivity index (χ1n) is 8.09. The number of nitrogens with one attached hydrogen (secondary N) is 1. The van der Waals surface area contributed by atoms with E-state index in [1.165, 1.54) is 36.1 Å². The molecule has 1 aromatic heterocycles. The van der Waals surface area contributed by atoms with Crippen LogP contribution in [-0.2, 0) is 6.18 Å². The minimum absolute atomic E-state index is 0.0369. The summed E-state index contributed by atoms with van der Waals surface area (Å²) in [6, 6.07) is 14.3. The number of rotatable bonds is 4. The van der Waals surface area contributed by atoms with Crippen LogP contribution in [0.3, 0.4) is 0 Å². The molecule has 0 unspecified atom stereocenters. The number of hydrogen-bond donors (Lipinski definition) is 1. The molecule has 142 valence electrons. The van der Waals surface area contributed by atoms with Crippen LogP contribution < -0.4 is 10.4 Å². The second-order valence-electron chi connectivity index (χ2n) is 5.70. The van der Waals surface area contributed by atoms with Crippen molar-refractivity contribution >= 4 is 11.6 Å². The van der Waals surface area contributed by atoms with Gasteiger partial charge in [0.15, 0.2) is 0 Å². The molecular weight excluding hydrogens is 371 g/mol. The Labute approximate surface area is 158 Å². The van der Waals surface area contributed by atoms with Gasteiger partial charge in [0, 0.05) is 7.05 Å². The third-order valence-electron chi connectivity index (χ3n) is 3.96. The van der Waals surface area contributed by atoms with Crippen molar-refractivity contribution in [2.75, 3.05) is 12.1 Å². The molecule has 1 heterocycles. The van der Waals surface area contributed by atoms with Crippen molar-refractivity contribution in [2.24, 2.45) is 0 Å². The maximum Gasteiger partial charge on any atom is 0.416 e. The average molecular weight is 385 g/mol. The number of carbonyl (C=O) groups excluding carboxylic acids is 1. The summed E-state index contributed by atoms with van der Waals surface area (Å²) in [5, 5.41) is 14.0. The Kier molecular flexibility index (Phi) is 5.15. The van der Waals surface area contributed by atoms with E-state index in [-0.39, 0.29) is 11.4 Å². The Balaban J connectivity index is 1.97. The second-order valence-corrected chi connectivity index (χ2v) is 5.70. The molecule has 3 aromatic rings. The number of nitrogens with zero attached hydrogens (tertiary/aromatic N) is 4. The molecule has 0 bridgehead atoms. The molecule has 0 fully saturated rings. The van der Waals surface area contributed by atoms with E-state index in [0.717, 1.165) is 17.1 Å². The van der Waals surface area contributed by atoms with Crippen molar-refractivity contribution in [3.63, 3.8) is 0 Å². The molecule has 9 heteroatoms. The van der Waals surface area contributed by atoms with Gasteiger partial charge < -0.3 is 0 Å². The molecule has 0 atom stereocenters. The molecular formula is C19H14F3N5O. The molecule has 3 rings (SSSR count). The minimum atomic E-state index is -4.53. The van der Waals surface area contributed by atoms with Crippen LogP contribution in [0.15, 0.2) is 60.8 Å². The van der Waals surface area contributed by atoms with Crippen LogP contribution >= 0.6 is 0 Å². The summed E-state index contributed by atoms with van der Waals surface area (Å²) in [6.45, 7) is 0. The van der Waals surface area contributed by atoms with E-state index >= 15 is 0 Å². The highest BCUT2D eigenvalue weighted by molar-refractivity contribution is 6.04. The highest BCUT2D eigenvalue weighted by atomic mass is 19.4. The molecule has 2 aromatic carbocycles. The molecule has 28 heavy (non-hydrogen) atoms. The van der Waals surface area contributed by atoms with Gasteiger partial charge in [0.1, 0.15) is 5.69 Å². The quantitative estimate of drug-likeness (QED) is 0.697. The molecule has 0 saturated carbocycles. The van der Waals surface area contributed by atoms with Crippen LogP contribution in [0, 0.1) is 11.3 Å². The summed E-state index contributed by atoms with van der Waals surface area (Å²) in [6.07, 6.45) is -3.12. The van der Waals surface area contributed by atoms with Crippen LogP contribution in [0.1, 0.15) is 21.6 Å². The van der Waals surface area contributed by atoms with Crippen molar-refractivity contribution in [3.05, 3.63) is 77.6 Å².